The van der Waals surface area contributed by atoms with Crippen molar-refractivity contribution in [2.45, 2.75) is 6.92 Å². The van der Waals surface area contributed by atoms with E-state index in [-0.39, 0.29) is 18.1 Å². The van der Waals surface area contributed by atoms with Gasteiger partial charge >= 0.3 is 5.63 Å². The summed E-state index contributed by atoms with van der Waals surface area (Å²) in [5.41, 5.74) is 1.16. The van der Waals surface area contributed by atoms with Gasteiger partial charge in [-0.15, -0.1) is 0 Å². The number of hydrogen-bond donors (Lipinski definition) is 0. The second kappa shape index (κ2) is 8.73. The van der Waals surface area contributed by atoms with Crippen LogP contribution in [0.25, 0.3) is 11.0 Å². The van der Waals surface area contributed by atoms with Crippen molar-refractivity contribution in [1.29, 1.82) is 0 Å². The minimum absolute atomic E-state index is 0.0259. The SMILES string of the molecule is Cc1cc(=O)oc2cc(OCC(=O)c3ccc(Oc4ccc([N+](=O)[O-])cc4)cc3)ccc12. The molecule has 0 aliphatic rings. The third kappa shape index (κ3) is 4.65. The van der Waals surface area contributed by atoms with Crippen LogP contribution in [-0.4, -0.2) is 17.3 Å². The largest absolute Gasteiger partial charge is 0.485 e. The van der Waals surface area contributed by atoms with Gasteiger partial charge in [-0.2, -0.15) is 0 Å². The molecule has 0 amide bonds. The maximum Gasteiger partial charge on any atom is 0.336 e. The normalized spacial score (nSPS) is 10.7. The zero-order chi connectivity index (χ0) is 22.7. The van der Waals surface area contributed by atoms with Crippen molar-refractivity contribution >= 4 is 22.4 Å². The van der Waals surface area contributed by atoms with E-state index in [9.17, 15) is 19.7 Å². The molecule has 0 N–H and O–H groups in total. The molecule has 0 saturated carbocycles. The fourth-order valence-corrected chi connectivity index (χ4v) is 3.11. The number of ketones is 1. The van der Waals surface area contributed by atoms with E-state index in [1.807, 2.05) is 6.92 Å². The number of carbonyl (C=O) groups excluding carboxylic acids is 1. The van der Waals surface area contributed by atoms with E-state index in [0.717, 1.165) is 10.9 Å². The lowest BCUT2D eigenvalue weighted by Gasteiger charge is -2.08. The third-order valence-corrected chi connectivity index (χ3v) is 4.75. The van der Waals surface area contributed by atoms with Crippen molar-refractivity contribution in [2.24, 2.45) is 0 Å². The molecule has 1 heterocycles. The molecular weight excluding hydrogens is 414 g/mol. The number of ether oxygens (including phenoxy) is 2. The lowest BCUT2D eigenvalue weighted by Crippen LogP contribution is -2.11. The number of rotatable bonds is 7. The van der Waals surface area contributed by atoms with Crippen LogP contribution in [0.4, 0.5) is 5.69 Å². The van der Waals surface area contributed by atoms with Crippen LogP contribution in [0.5, 0.6) is 17.2 Å². The van der Waals surface area contributed by atoms with Gasteiger partial charge < -0.3 is 13.9 Å². The first kappa shape index (κ1) is 20.8. The van der Waals surface area contributed by atoms with Gasteiger partial charge in [-0.05, 0) is 61.0 Å². The molecular formula is C24H17NO7. The number of carbonyl (C=O) groups is 1. The Kier molecular flexibility index (Phi) is 5.67. The number of benzene rings is 3. The van der Waals surface area contributed by atoms with Crippen LogP contribution < -0.4 is 15.1 Å². The lowest BCUT2D eigenvalue weighted by atomic mass is 10.1. The van der Waals surface area contributed by atoms with Crippen molar-refractivity contribution in [3.63, 3.8) is 0 Å². The standard InChI is InChI=1S/C24H17NO7/c1-15-12-24(27)32-23-13-20(10-11-21(15)23)30-14-22(26)16-2-6-18(7-3-16)31-19-8-4-17(5-9-19)25(28)29/h2-13H,14H2,1H3. The highest BCUT2D eigenvalue weighted by Crippen LogP contribution is 2.25. The molecule has 0 unspecified atom stereocenters. The van der Waals surface area contributed by atoms with Gasteiger partial charge in [0.2, 0.25) is 0 Å². The molecule has 0 aliphatic carbocycles. The van der Waals surface area contributed by atoms with Gasteiger partial charge in [0.25, 0.3) is 5.69 Å². The van der Waals surface area contributed by atoms with Crippen LogP contribution in [0.2, 0.25) is 0 Å². The molecule has 4 aromatic rings. The summed E-state index contributed by atoms with van der Waals surface area (Å²) >= 11 is 0. The Bertz CT molecular complexity index is 1360. The van der Waals surface area contributed by atoms with Gasteiger partial charge in [0.15, 0.2) is 12.4 Å². The van der Waals surface area contributed by atoms with Gasteiger partial charge in [0, 0.05) is 35.2 Å². The molecule has 0 saturated heterocycles. The second-order valence-electron chi connectivity index (χ2n) is 7.00. The molecule has 0 radical (unpaired) electrons. The van der Waals surface area contributed by atoms with E-state index in [0.29, 0.717) is 28.4 Å². The van der Waals surface area contributed by atoms with E-state index in [4.69, 9.17) is 13.9 Å². The molecule has 0 spiro atoms. The van der Waals surface area contributed by atoms with Gasteiger partial charge in [0.05, 0.1) is 4.92 Å². The summed E-state index contributed by atoms with van der Waals surface area (Å²) in [6.45, 7) is 1.63. The number of aryl methyl sites for hydroxylation is 1. The molecule has 0 fully saturated rings. The summed E-state index contributed by atoms with van der Waals surface area (Å²) < 4.78 is 16.4. The highest BCUT2D eigenvalue weighted by atomic mass is 16.6. The third-order valence-electron chi connectivity index (χ3n) is 4.75. The van der Waals surface area contributed by atoms with Gasteiger partial charge in [-0.25, -0.2) is 4.79 Å². The van der Waals surface area contributed by atoms with E-state index in [1.54, 1.807) is 42.5 Å². The zero-order valence-electron chi connectivity index (χ0n) is 16.9. The number of hydrogen-bond acceptors (Lipinski definition) is 7. The van der Waals surface area contributed by atoms with Crippen molar-refractivity contribution in [3.8, 4) is 17.2 Å². The minimum Gasteiger partial charge on any atom is -0.485 e. The quantitative estimate of drug-likeness (QED) is 0.174. The zero-order valence-corrected chi connectivity index (χ0v) is 16.9. The van der Waals surface area contributed by atoms with E-state index < -0.39 is 10.5 Å². The Morgan fingerprint density at radius 3 is 2.22 bits per heavy atom. The van der Waals surface area contributed by atoms with Gasteiger partial charge in [-0.3, -0.25) is 14.9 Å². The smallest absolute Gasteiger partial charge is 0.336 e. The molecule has 8 heteroatoms. The fraction of sp³-hybridized carbons (Fsp3) is 0.0833. The van der Waals surface area contributed by atoms with Crippen molar-refractivity contribution < 1.29 is 23.6 Å². The maximum atomic E-state index is 12.5. The molecule has 0 atom stereocenters. The monoisotopic (exact) mass is 431 g/mol. The van der Waals surface area contributed by atoms with Gasteiger partial charge in [0.1, 0.15) is 22.8 Å². The summed E-state index contributed by atoms with van der Waals surface area (Å²) in [6, 6.07) is 18.7. The predicted molar refractivity (Wildman–Crippen MR) is 117 cm³/mol. The molecule has 3 aromatic carbocycles. The summed E-state index contributed by atoms with van der Waals surface area (Å²) in [6.07, 6.45) is 0. The molecule has 160 valence electrons. The van der Waals surface area contributed by atoms with E-state index in [2.05, 4.69) is 0 Å². The van der Waals surface area contributed by atoms with Crippen LogP contribution in [0.3, 0.4) is 0 Å². The predicted octanol–water partition coefficient (Wildman–Crippen LogP) is 5.06. The molecule has 0 bridgehead atoms. The Balaban J connectivity index is 1.39. The average Bonchev–Trinajstić information content (AvgIpc) is 2.78. The summed E-state index contributed by atoms with van der Waals surface area (Å²) in [4.78, 5) is 34.2. The van der Waals surface area contributed by atoms with Crippen LogP contribution in [0.15, 0.2) is 82.0 Å². The molecule has 32 heavy (non-hydrogen) atoms. The Hall–Kier alpha value is -4.46. The van der Waals surface area contributed by atoms with Crippen LogP contribution >= 0.6 is 0 Å². The number of fused-ring (bicyclic) bond motifs is 1. The van der Waals surface area contributed by atoms with E-state index >= 15 is 0 Å². The lowest BCUT2D eigenvalue weighted by molar-refractivity contribution is -0.384. The summed E-state index contributed by atoms with van der Waals surface area (Å²) in [5.74, 6) is 1.10. The van der Waals surface area contributed by atoms with Gasteiger partial charge in [-0.1, -0.05) is 0 Å². The molecule has 0 aliphatic heterocycles. The van der Waals surface area contributed by atoms with Crippen molar-refractivity contribution in [1.82, 2.24) is 0 Å². The highest BCUT2D eigenvalue weighted by Gasteiger charge is 2.10. The first-order chi connectivity index (χ1) is 15.4. The fourth-order valence-electron chi connectivity index (χ4n) is 3.11. The number of nitrogens with zero attached hydrogens (tertiary/aromatic N) is 1. The average molecular weight is 431 g/mol. The van der Waals surface area contributed by atoms with Crippen LogP contribution in [0, 0.1) is 17.0 Å². The van der Waals surface area contributed by atoms with Crippen molar-refractivity contribution in [3.05, 3.63) is 104 Å². The van der Waals surface area contributed by atoms with Crippen LogP contribution in [0.1, 0.15) is 15.9 Å². The van der Waals surface area contributed by atoms with Crippen molar-refractivity contribution in [2.75, 3.05) is 6.61 Å². The molecule has 8 nitrogen and oxygen atoms in total. The first-order valence-corrected chi connectivity index (χ1v) is 9.62. The first-order valence-electron chi connectivity index (χ1n) is 9.62. The summed E-state index contributed by atoms with van der Waals surface area (Å²) in [7, 11) is 0. The Labute approximate surface area is 181 Å². The van der Waals surface area contributed by atoms with E-state index in [1.165, 1.54) is 30.3 Å². The Morgan fingerprint density at radius 2 is 1.56 bits per heavy atom. The number of nitro groups is 1. The molecule has 4 rings (SSSR count). The Morgan fingerprint density at radius 1 is 0.938 bits per heavy atom. The second-order valence-corrected chi connectivity index (χ2v) is 7.00. The van der Waals surface area contributed by atoms with Crippen LogP contribution in [-0.2, 0) is 0 Å². The maximum absolute atomic E-state index is 12.5. The summed E-state index contributed by atoms with van der Waals surface area (Å²) in [5, 5.41) is 11.5. The number of nitro benzene ring substituents is 1. The number of non-ortho nitro benzene ring substituents is 1. The number of Topliss-reactive ketones (excluding diaryl/α,β-unsaturated/α-hetero) is 1. The topological polar surface area (TPSA) is 109 Å². The highest BCUT2D eigenvalue weighted by molar-refractivity contribution is 5.97. The minimum atomic E-state index is -0.485. The molecule has 1 aromatic heterocycles.